The van der Waals surface area contributed by atoms with Gasteiger partial charge in [-0.1, -0.05) is 30.3 Å². The third kappa shape index (κ3) is 2.81. The summed E-state index contributed by atoms with van der Waals surface area (Å²) in [5.41, 5.74) is 5.95. The Morgan fingerprint density at radius 3 is 2.92 bits per heavy atom. The van der Waals surface area contributed by atoms with Gasteiger partial charge in [-0.05, 0) is 36.6 Å². The van der Waals surface area contributed by atoms with Gasteiger partial charge >= 0.3 is 0 Å². The normalized spacial score (nSPS) is 10.9. The molecule has 0 saturated carbocycles. The van der Waals surface area contributed by atoms with E-state index in [0.717, 1.165) is 40.6 Å². The number of rotatable bonds is 4. The highest BCUT2D eigenvalue weighted by Crippen LogP contribution is 2.26. The number of hydrogen-bond acceptors (Lipinski definition) is 3. The molecule has 25 heavy (non-hydrogen) atoms. The lowest BCUT2D eigenvalue weighted by atomic mass is 10.1. The second-order valence-electron chi connectivity index (χ2n) is 6.22. The molecule has 0 bridgehead atoms. The van der Waals surface area contributed by atoms with Gasteiger partial charge in [-0.3, -0.25) is 4.98 Å². The van der Waals surface area contributed by atoms with Gasteiger partial charge in [0.15, 0.2) is 0 Å². The number of H-pyrrole nitrogens is 1. The first-order chi connectivity index (χ1) is 12.3. The van der Waals surface area contributed by atoms with Crippen molar-refractivity contribution in [3.63, 3.8) is 0 Å². The predicted molar refractivity (Wildman–Crippen MR) is 102 cm³/mol. The summed E-state index contributed by atoms with van der Waals surface area (Å²) in [6.45, 7) is 2.80. The second-order valence-corrected chi connectivity index (χ2v) is 6.22. The molecule has 0 saturated heterocycles. The van der Waals surface area contributed by atoms with Crippen LogP contribution in [-0.4, -0.2) is 16.5 Å². The fourth-order valence-corrected chi connectivity index (χ4v) is 3.24. The van der Waals surface area contributed by atoms with E-state index in [1.54, 1.807) is 6.20 Å². The Hall–Kier alpha value is -3.32. The van der Waals surface area contributed by atoms with Crippen LogP contribution in [0.2, 0.25) is 0 Å². The fraction of sp³-hybridized carbons (Fsp3) is 0.143. The molecule has 0 aliphatic rings. The Labute approximate surface area is 146 Å². The van der Waals surface area contributed by atoms with Gasteiger partial charge in [0.25, 0.3) is 0 Å². The molecule has 0 spiro atoms. The Morgan fingerprint density at radius 2 is 2.04 bits per heavy atom. The van der Waals surface area contributed by atoms with Gasteiger partial charge in [0.1, 0.15) is 6.07 Å². The number of aromatic nitrogens is 2. The summed E-state index contributed by atoms with van der Waals surface area (Å²) in [7, 11) is 0. The van der Waals surface area contributed by atoms with Crippen molar-refractivity contribution in [2.24, 2.45) is 0 Å². The summed E-state index contributed by atoms with van der Waals surface area (Å²) in [4.78, 5) is 7.71. The van der Waals surface area contributed by atoms with Crippen molar-refractivity contribution < 1.29 is 0 Å². The molecule has 0 unspecified atom stereocenters. The van der Waals surface area contributed by atoms with Gasteiger partial charge in [-0.15, -0.1) is 0 Å². The van der Waals surface area contributed by atoms with E-state index in [-0.39, 0.29) is 0 Å². The number of anilines is 1. The molecule has 4 heteroatoms. The molecule has 0 radical (unpaired) electrons. The van der Waals surface area contributed by atoms with Gasteiger partial charge in [0.2, 0.25) is 0 Å². The van der Waals surface area contributed by atoms with Gasteiger partial charge in [-0.25, -0.2) is 0 Å². The maximum absolute atomic E-state index is 9.42. The predicted octanol–water partition coefficient (Wildman–Crippen LogP) is 4.55. The third-order valence-electron chi connectivity index (χ3n) is 4.52. The fourth-order valence-electron chi connectivity index (χ4n) is 3.24. The molecular weight excluding hydrogens is 308 g/mol. The van der Waals surface area contributed by atoms with Crippen molar-refractivity contribution in [1.82, 2.24) is 9.97 Å². The summed E-state index contributed by atoms with van der Waals surface area (Å²) >= 11 is 0. The number of fused-ring (bicyclic) bond motifs is 2. The van der Waals surface area contributed by atoms with Crippen molar-refractivity contribution >= 4 is 27.5 Å². The Morgan fingerprint density at radius 1 is 1.16 bits per heavy atom. The molecule has 0 amide bonds. The van der Waals surface area contributed by atoms with Crippen molar-refractivity contribution in [2.45, 2.75) is 13.3 Å². The highest BCUT2D eigenvalue weighted by Gasteiger charge is 2.09. The zero-order chi connectivity index (χ0) is 17.2. The Balaban J connectivity index is 1.61. The first-order valence-electron chi connectivity index (χ1n) is 8.34. The van der Waals surface area contributed by atoms with Crippen molar-refractivity contribution in [3.05, 3.63) is 71.5 Å². The largest absolute Gasteiger partial charge is 0.383 e. The van der Waals surface area contributed by atoms with Crippen molar-refractivity contribution in [3.8, 4) is 6.07 Å². The monoisotopic (exact) mass is 326 g/mol. The van der Waals surface area contributed by atoms with E-state index in [1.807, 2.05) is 25.1 Å². The topological polar surface area (TPSA) is 64.5 Å². The average molecular weight is 326 g/mol. The minimum atomic E-state index is 0.579. The number of benzene rings is 2. The van der Waals surface area contributed by atoms with Crippen LogP contribution in [0, 0.1) is 18.3 Å². The van der Waals surface area contributed by atoms with E-state index in [9.17, 15) is 5.26 Å². The van der Waals surface area contributed by atoms with Crippen LogP contribution in [0.25, 0.3) is 21.8 Å². The van der Waals surface area contributed by atoms with E-state index in [4.69, 9.17) is 0 Å². The van der Waals surface area contributed by atoms with Crippen molar-refractivity contribution in [2.75, 3.05) is 11.9 Å². The lowest BCUT2D eigenvalue weighted by Crippen LogP contribution is -2.07. The number of aromatic amines is 1. The van der Waals surface area contributed by atoms with Crippen LogP contribution in [0.15, 0.2) is 54.9 Å². The summed E-state index contributed by atoms with van der Waals surface area (Å²) in [5, 5.41) is 15.1. The molecule has 0 aliphatic heterocycles. The van der Waals surface area contributed by atoms with Crippen molar-refractivity contribution in [1.29, 1.82) is 5.26 Å². The summed E-state index contributed by atoms with van der Waals surface area (Å²) in [6.07, 6.45) is 4.59. The Kier molecular flexibility index (Phi) is 3.83. The molecule has 4 aromatic rings. The summed E-state index contributed by atoms with van der Waals surface area (Å²) in [6, 6.07) is 16.7. The maximum Gasteiger partial charge on any atom is 0.103 e. The van der Waals surface area contributed by atoms with E-state index in [2.05, 4.69) is 51.8 Å². The molecule has 2 N–H and O–H groups in total. The number of aryl methyl sites for hydroxylation is 1. The van der Waals surface area contributed by atoms with Gasteiger partial charge in [0.05, 0.1) is 16.8 Å². The quantitative estimate of drug-likeness (QED) is 0.578. The lowest BCUT2D eigenvalue weighted by molar-refractivity contribution is 1.03. The van der Waals surface area contributed by atoms with Crippen LogP contribution in [-0.2, 0) is 6.42 Å². The number of nitriles is 1. The zero-order valence-corrected chi connectivity index (χ0v) is 14.0. The van der Waals surface area contributed by atoms with Crippen LogP contribution in [0.1, 0.15) is 16.7 Å². The van der Waals surface area contributed by atoms with E-state index >= 15 is 0 Å². The van der Waals surface area contributed by atoms with Crippen LogP contribution >= 0.6 is 0 Å². The van der Waals surface area contributed by atoms with Crippen LogP contribution < -0.4 is 5.32 Å². The van der Waals surface area contributed by atoms with Gasteiger partial charge in [0, 0.05) is 35.2 Å². The van der Waals surface area contributed by atoms with Gasteiger partial charge < -0.3 is 10.3 Å². The molecule has 4 nitrogen and oxygen atoms in total. The first kappa shape index (κ1) is 15.2. The molecule has 2 aromatic carbocycles. The molecule has 2 heterocycles. The highest BCUT2D eigenvalue weighted by atomic mass is 14.9. The minimum absolute atomic E-state index is 0.579. The lowest BCUT2D eigenvalue weighted by Gasteiger charge is -2.11. The number of para-hydroxylation sites is 1. The summed E-state index contributed by atoms with van der Waals surface area (Å²) in [5.74, 6) is 0. The van der Waals surface area contributed by atoms with Crippen LogP contribution in [0.4, 0.5) is 5.69 Å². The number of hydrogen-bond donors (Lipinski definition) is 2. The van der Waals surface area contributed by atoms with E-state index in [0.29, 0.717) is 5.56 Å². The van der Waals surface area contributed by atoms with Crippen LogP contribution in [0.5, 0.6) is 0 Å². The molecule has 0 fully saturated rings. The summed E-state index contributed by atoms with van der Waals surface area (Å²) < 4.78 is 0. The standard InChI is InChI=1S/C21H18N4/c1-14-6-7-18-20(10-14)25-13-16(11-22)21(18)23-9-8-15-12-24-19-5-3-2-4-17(15)19/h2-7,10,12-13,24H,8-9H2,1H3,(H,23,25). The Bertz CT molecular complexity index is 1100. The molecule has 2 aromatic heterocycles. The smallest absolute Gasteiger partial charge is 0.103 e. The molecule has 0 atom stereocenters. The van der Waals surface area contributed by atoms with Crippen LogP contribution in [0.3, 0.4) is 0 Å². The maximum atomic E-state index is 9.42. The third-order valence-corrected chi connectivity index (χ3v) is 4.52. The zero-order valence-electron chi connectivity index (χ0n) is 14.0. The molecular formula is C21H18N4. The SMILES string of the molecule is Cc1ccc2c(NCCc3c[nH]c4ccccc34)c(C#N)cnc2c1. The number of nitrogens with one attached hydrogen (secondary N) is 2. The highest BCUT2D eigenvalue weighted by molar-refractivity contribution is 5.94. The minimum Gasteiger partial charge on any atom is -0.383 e. The molecule has 122 valence electrons. The average Bonchev–Trinajstić information content (AvgIpc) is 3.05. The second kappa shape index (κ2) is 6.29. The molecule has 0 aliphatic carbocycles. The number of pyridine rings is 1. The van der Waals surface area contributed by atoms with E-state index in [1.165, 1.54) is 10.9 Å². The first-order valence-corrected chi connectivity index (χ1v) is 8.34. The number of nitrogens with zero attached hydrogens (tertiary/aromatic N) is 2. The molecule has 4 rings (SSSR count). The van der Waals surface area contributed by atoms with Gasteiger partial charge in [-0.2, -0.15) is 5.26 Å². The van der Waals surface area contributed by atoms with E-state index < -0.39 is 0 Å².